The summed E-state index contributed by atoms with van der Waals surface area (Å²) in [6.07, 6.45) is 1.18. The first kappa shape index (κ1) is 13.9. The molecule has 0 amide bonds. The Bertz CT molecular complexity index is 921. The molecule has 3 rings (SSSR count). The zero-order valence-corrected chi connectivity index (χ0v) is 13.1. The van der Waals surface area contributed by atoms with Crippen LogP contribution >= 0.6 is 15.9 Å². The second-order valence-corrected chi connectivity index (χ2v) is 6.90. The molecule has 0 atom stereocenters. The summed E-state index contributed by atoms with van der Waals surface area (Å²) < 4.78 is 28.1. The van der Waals surface area contributed by atoms with Gasteiger partial charge < -0.3 is 5.73 Å². The van der Waals surface area contributed by atoms with Gasteiger partial charge in [0.15, 0.2) is 0 Å². The highest BCUT2D eigenvalue weighted by Crippen LogP contribution is 2.31. The second-order valence-electron chi connectivity index (χ2n) is 4.39. The van der Waals surface area contributed by atoms with E-state index in [4.69, 9.17) is 5.73 Å². The van der Waals surface area contributed by atoms with Gasteiger partial charge in [0.05, 0.1) is 11.9 Å². The number of H-pyrrole nitrogens is 1. The van der Waals surface area contributed by atoms with Crippen molar-refractivity contribution < 1.29 is 8.42 Å². The van der Waals surface area contributed by atoms with E-state index in [0.717, 1.165) is 15.2 Å². The summed E-state index contributed by atoms with van der Waals surface area (Å²) in [4.78, 5) is -0.0745. The minimum atomic E-state index is -3.79. The lowest BCUT2D eigenvalue weighted by molar-refractivity contribution is 0.601. The SMILES string of the molecule is Nc1[nH]ncc1S(=O)(=O)Nc1ccc(Br)c2ccccc12. The molecule has 0 saturated carbocycles. The third-order valence-corrected chi connectivity index (χ3v) is 5.12. The van der Waals surface area contributed by atoms with Gasteiger partial charge in [-0.3, -0.25) is 9.82 Å². The molecular formula is C13H11BrN4O2S. The molecule has 8 heteroatoms. The first-order valence-corrected chi connectivity index (χ1v) is 8.25. The number of halogens is 1. The molecule has 2 aromatic carbocycles. The molecule has 0 saturated heterocycles. The predicted molar refractivity (Wildman–Crippen MR) is 85.5 cm³/mol. The summed E-state index contributed by atoms with van der Waals surface area (Å²) in [5.41, 5.74) is 6.05. The van der Waals surface area contributed by atoms with Crippen molar-refractivity contribution in [3.05, 3.63) is 47.1 Å². The molecule has 3 aromatic rings. The monoisotopic (exact) mass is 366 g/mol. The number of fused-ring (bicyclic) bond motifs is 1. The highest BCUT2D eigenvalue weighted by atomic mass is 79.9. The van der Waals surface area contributed by atoms with Gasteiger partial charge in [-0.15, -0.1) is 0 Å². The Morgan fingerprint density at radius 3 is 2.52 bits per heavy atom. The number of nitrogen functional groups attached to an aromatic ring is 1. The summed E-state index contributed by atoms with van der Waals surface area (Å²) in [6.45, 7) is 0. The number of sulfonamides is 1. The first-order chi connectivity index (χ1) is 9.99. The van der Waals surface area contributed by atoms with E-state index in [0.29, 0.717) is 5.69 Å². The van der Waals surface area contributed by atoms with E-state index in [1.807, 2.05) is 24.3 Å². The zero-order chi connectivity index (χ0) is 15.0. The summed E-state index contributed by atoms with van der Waals surface area (Å²) in [5, 5.41) is 7.74. The number of anilines is 2. The van der Waals surface area contributed by atoms with Crippen LogP contribution in [0.2, 0.25) is 0 Å². The maximum Gasteiger partial charge on any atom is 0.267 e. The molecule has 6 nitrogen and oxygen atoms in total. The van der Waals surface area contributed by atoms with Gasteiger partial charge in [0.2, 0.25) is 0 Å². The van der Waals surface area contributed by atoms with E-state index >= 15 is 0 Å². The molecule has 0 spiro atoms. The molecule has 21 heavy (non-hydrogen) atoms. The van der Waals surface area contributed by atoms with Crippen molar-refractivity contribution in [3.8, 4) is 0 Å². The Kier molecular flexibility index (Phi) is 3.34. The normalized spacial score (nSPS) is 11.7. The number of hydrogen-bond acceptors (Lipinski definition) is 4. The maximum absolute atomic E-state index is 12.3. The number of benzene rings is 2. The van der Waals surface area contributed by atoms with Crippen molar-refractivity contribution in [3.63, 3.8) is 0 Å². The fraction of sp³-hybridized carbons (Fsp3) is 0. The molecule has 0 aliphatic heterocycles. The molecule has 1 heterocycles. The lowest BCUT2D eigenvalue weighted by atomic mass is 10.1. The van der Waals surface area contributed by atoms with Crippen molar-refractivity contribution in [1.82, 2.24) is 10.2 Å². The van der Waals surface area contributed by atoms with E-state index in [2.05, 4.69) is 30.8 Å². The van der Waals surface area contributed by atoms with Crippen LogP contribution in [0.25, 0.3) is 10.8 Å². The van der Waals surface area contributed by atoms with Gasteiger partial charge in [-0.25, -0.2) is 8.42 Å². The van der Waals surface area contributed by atoms with Crippen LogP contribution in [0.3, 0.4) is 0 Å². The fourth-order valence-electron chi connectivity index (χ4n) is 2.05. The highest BCUT2D eigenvalue weighted by molar-refractivity contribution is 9.10. The number of nitrogens with zero attached hydrogens (tertiary/aromatic N) is 1. The minimum absolute atomic E-state index is 0.00363. The maximum atomic E-state index is 12.3. The average Bonchev–Trinajstić information content (AvgIpc) is 2.89. The topological polar surface area (TPSA) is 101 Å². The molecule has 1 aromatic heterocycles. The van der Waals surface area contributed by atoms with Gasteiger partial charge >= 0.3 is 0 Å². The lowest BCUT2D eigenvalue weighted by Gasteiger charge is -2.11. The van der Waals surface area contributed by atoms with Gasteiger partial charge in [-0.1, -0.05) is 40.2 Å². The Hall–Kier alpha value is -2.06. The Labute approximate surface area is 129 Å². The Balaban J connectivity index is 2.11. The summed E-state index contributed by atoms with van der Waals surface area (Å²) in [7, 11) is -3.79. The number of hydrogen-bond donors (Lipinski definition) is 3. The molecule has 0 bridgehead atoms. The zero-order valence-electron chi connectivity index (χ0n) is 10.7. The molecule has 0 unspecified atom stereocenters. The highest BCUT2D eigenvalue weighted by Gasteiger charge is 2.20. The van der Waals surface area contributed by atoms with Crippen LogP contribution in [0.15, 0.2) is 52.0 Å². The Morgan fingerprint density at radius 2 is 1.86 bits per heavy atom. The molecule has 0 aliphatic rings. The number of aromatic nitrogens is 2. The van der Waals surface area contributed by atoms with Gasteiger partial charge in [0.25, 0.3) is 10.0 Å². The van der Waals surface area contributed by atoms with Crippen LogP contribution in [0, 0.1) is 0 Å². The molecule has 0 aliphatic carbocycles. The number of nitrogens with one attached hydrogen (secondary N) is 2. The first-order valence-electron chi connectivity index (χ1n) is 5.98. The van der Waals surface area contributed by atoms with Crippen LogP contribution in [-0.2, 0) is 10.0 Å². The molecule has 4 N–H and O–H groups in total. The predicted octanol–water partition coefficient (Wildman–Crippen LogP) is 2.71. The van der Waals surface area contributed by atoms with E-state index in [-0.39, 0.29) is 10.7 Å². The summed E-state index contributed by atoms with van der Waals surface area (Å²) in [6, 6.07) is 11.0. The van der Waals surface area contributed by atoms with Gasteiger partial charge in [-0.05, 0) is 17.5 Å². The quantitative estimate of drug-likeness (QED) is 0.663. The minimum Gasteiger partial charge on any atom is -0.383 e. The van der Waals surface area contributed by atoms with E-state index < -0.39 is 10.0 Å². The fourth-order valence-corrected chi connectivity index (χ4v) is 3.63. The average molecular weight is 367 g/mol. The van der Waals surface area contributed by atoms with Crippen LogP contribution in [-0.4, -0.2) is 18.6 Å². The van der Waals surface area contributed by atoms with Crippen LogP contribution < -0.4 is 10.5 Å². The van der Waals surface area contributed by atoms with Crippen LogP contribution in [0.1, 0.15) is 0 Å². The summed E-state index contributed by atoms with van der Waals surface area (Å²) >= 11 is 3.45. The molecule has 0 fully saturated rings. The molecule has 0 radical (unpaired) electrons. The smallest absolute Gasteiger partial charge is 0.267 e. The van der Waals surface area contributed by atoms with Crippen molar-refractivity contribution in [2.24, 2.45) is 0 Å². The van der Waals surface area contributed by atoms with Crippen LogP contribution in [0.4, 0.5) is 11.5 Å². The number of nitrogens with two attached hydrogens (primary N) is 1. The van der Waals surface area contributed by atoms with E-state index in [9.17, 15) is 8.42 Å². The van der Waals surface area contributed by atoms with Gasteiger partial charge in [0, 0.05) is 9.86 Å². The second kappa shape index (κ2) is 5.05. The largest absolute Gasteiger partial charge is 0.383 e. The third kappa shape index (κ3) is 2.47. The third-order valence-electron chi connectivity index (χ3n) is 3.04. The Morgan fingerprint density at radius 1 is 1.14 bits per heavy atom. The lowest BCUT2D eigenvalue weighted by Crippen LogP contribution is -2.14. The molecular weight excluding hydrogens is 356 g/mol. The molecule has 108 valence electrons. The van der Waals surface area contributed by atoms with Crippen molar-refractivity contribution in [2.75, 3.05) is 10.5 Å². The van der Waals surface area contributed by atoms with E-state index in [1.54, 1.807) is 12.1 Å². The summed E-state index contributed by atoms with van der Waals surface area (Å²) in [5.74, 6) is 0.00363. The van der Waals surface area contributed by atoms with E-state index in [1.165, 1.54) is 6.20 Å². The van der Waals surface area contributed by atoms with Gasteiger partial charge in [0.1, 0.15) is 10.7 Å². The standard InChI is InChI=1S/C13H11BrN4O2S/c14-10-5-6-11(9-4-2-1-3-8(9)10)18-21(19,20)12-7-16-17-13(12)15/h1-7,18H,(H3,15,16,17). The van der Waals surface area contributed by atoms with Gasteiger partial charge in [-0.2, -0.15) is 5.10 Å². The van der Waals surface area contributed by atoms with Crippen molar-refractivity contribution in [1.29, 1.82) is 0 Å². The number of aromatic amines is 1. The number of rotatable bonds is 3. The van der Waals surface area contributed by atoms with Crippen LogP contribution in [0.5, 0.6) is 0 Å². The van der Waals surface area contributed by atoms with Crippen molar-refractivity contribution >= 4 is 48.2 Å². The van der Waals surface area contributed by atoms with Crippen molar-refractivity contribution in [2.45, 2.75) is 4.90 Å².